The molecule has 0 atom stereocenters. The number of phenols is 1. The maximum absolute atomic E-state index is 10.6. The number of carbonyl (C=O) groups is 1. The van der Waals surface area contributed by atoms with Gasteiger partial charge in [0.2, 0.25) is 0 Å². The molecule has 4 nitrogen and oxygen atoms in total. The quantitative estimate of drug-likeness (QED) is 0.574. The Morgan fingerprint density at radius 1 is 1.53 bits per heavy atom. The predicted octanol–water partition coefficient (Wildman–Crippen LogP) is 1.09. The molecule has 0 aliphatic rings. The van der Waals surface area contributed by atoms with E-state index in [1.165, 1.54) is 19.2 Å². The van der Waals surface area contributed by atoms with E-state index >= 15 is 0 Å². The van der Waals surface area contributed by atoms with Crippen molar-refractivity contribution in [2.75, 3.05) is 7.11 Å². The van der Waals surface area contributed by atoms with E-state index in [4.69, 9.17) is 10.00 Å². The van der Waals surface area contributed by atoms with Crippen LogP contribution < -0.4 is 4.74 Å². The van der Waals surface area contributed by atoms with E-state index in [1.807, 2.05) is 0 Å². The third-order valence-corrected chi connectivity index (χ3v) is 1.76. The van der Waals surface area contributed by atoms with Crippen molar-refractivity contribution in [2.24, 2.45) is 0 Å². The molecule has 0 saturated carbocycles. The highest BCUT2D eigenvalue weighted by atomic mass is 16.5. The van der Waals surface area contributed by atoms with Crippen molar-refractivity contribution < 1.29 is 14.6 Å². The zero-order valence-electron chi connectivity index (χ0n) is 7.94. The fourth-order valence-corrected chi connectivity index (χ4v) is 1.07. The number of nitrogens with zero attached hydrogens (tertiary/aromatic N) is 1. The molecule has 0 aromatic heterocycles. The summed E-state index contributed by atoms with van der Waals surface area (Å²) in [4.78, 5) is 10.6. The number of nitriles is 1. The maximum atomic E-state index is 10.6. The summed E-state index contributed by atoms with van der Waals surface area (Å²) in [7, 11) is 1.39. The van der Waals surface area contributed by atoms with Crippen LogP contribution in [-0.4, -0.2) is 18.5 Å². The summed E-state index contributed by atoms with van der Waals surface area (Å²) in [6.45, 7) is 0. The molecule has 15 heavy (non-hydrogen) atoms. The van der Waals surface area contributed by atoms with Crippen LogP contribution in [0.15, 0.2) is 12.1 Å². The average molecular weight is 201 g/mol. The lowest BCUT2D eigenvalue weighted by atomic mass is 10.1. The Labute approximate surface area is 86.7 Å². The van der Waals surface area contributed by atoms with Gasteiger partial charge < -0.3 is 9.84 Å². The van der Waals surface area contributed by atoms with Crippen LogP contribution in [0.4, 0.5) is 0 Å². The van der Waals surface area contributed by atoms with Crippen LogP contribution in [0.3, 0.4) is 0 Å². The molecule has 4 heteroatoms. The van der Waals surface area contributed by atoms with Crippen molar-refractivity contribution in [3.63, 3.8) is 0 Å². The minimum atomic E-state index is -0.232. The molecule has 1 rings (SSSR count). The molecule has 1 aromatic carbocycles. The van der Waals surface area contributed by atoms with Crippen molar-refractivity contribution in [3.8, 4) is 29.4 Å². The second kappa shape index (κ2) is 4.69. The van der Waals surface area contributed by atoms with Crippen molar-refractivity contribution in [1.82, 2.24) is 0 Å². The van der Waals surface area contributed by atoms with E-state index in [1.54, 1.807) is 6.07 Å². The monoisotopic (exact) mass is 201 g/mol. The van der Waals surface area contributed by atoms with Gasteiger partial charge in [-0.25, -0.2) is 0 Å². The lowest BCUT2D eigenvalue weighted by Gasteiger charge is -2.06. The van der Waals surface area contributed by atoms with E-state index in [0.717, 1.165) is 0 Å². The van der Waals surface area contributed by atoms with Gasteiger partial charge >= 0.3 is 0 Å². The van der Waals surface area contributed by atoms with Crippen LogP contribution in [0, 0.1) is 23.2 Å². The number of rotatable bonds is 2. The molecule has 0 saturated heterocycles. The van der Waals surface area contributed by atoms with Crippen molar-refractivity contribution in [1.29, 1.82) is 5.26 Å². The fourth-order valence-electron chi connectivity index (χ4n) is 1.07. The van der Waals surface area contributed by atoms with Gasteiger partial charge in [-0.15, -0.1) is 0 Å². The number of hydrogen-bond acceptors (Lipinski definition) is 4. The standard InChI is InChI=1S/C11H7NO3/c1-15-10-5-4-8(7-13)9(11(10)14)3-2-6-12/h4-5,7,14H,1H3. The molecule has 1 aromatic rings. The number of hydrogen-bond donors (Lipinski definition) is 1. The van der Waals surface area contributed by atoms with E-state index in [9.17, 15) is 9.90 Å². The summed E-state index contributed by atoms with van der Waals surface area (Å²) in [6, 6.07) is 4.52. The van der Waals surface area contributed by atoms with Crippen LogP contribution in [0.5, 0.6) is 11.5 Å². The van der Waals surface area contributed by atoms with Gasteiger partial charge in [0.05, 0.1) is 12.7 Å². The maximum Gasteiger partial charge on any atom is 0.174 e. The molecule has 0 amide bonds. The van der Waals surface area contributed by atoms with Gasteiger partial charge in [-0.2, -0.15) is 5.26 Å². The highest BCUT2D eigenvalue weighted by Gasteiger charge is 2.10. The van der Waals surface area contributed by atoms with Crippen molar-refractivity contribution >= 4 is 6.29 Å². The summed E-state index contributed by atoms with van der Waals surface area (Å²) in [5.41, 5.74) is 0.321. The topological polar surface area (TPSA) is 70.3 Å². The molecule has 0 radical (unpaired) electrons. The first-order chi connectivity index (χ1) is 7.24. The normalized spacial score (nSPS) is 8.27. The van der Waals surface area contributed by atoms with Gasteiger partial charge in [0.25, 0.3) is 0 Å². The smallest absolute Gasteiger partial charge is 0.174 e. The van der Waals surface area contributed by atoms with Gasteiger partial charge in [0.1, 0.15) is 0 Å². The highest BCUT2D eigenvalue weighted by molar-refractivity contribution is 5.82. The Balaban J connectivity index is 3.43. The van der Waals surface area contributed by atoms with Crippen LogP contribution in [0.25, 0.3) is 0 Å². The van der Waals surface area contributed by atoms with Gasteiger partial charge in [-0.3, -0.25) is 4.79 Å². The molecule has 0 aliphatic carbocycles. The fraction of sp³-hybridized carbons (Fsp3) is 0.0909. The van der Waals surface area contributed by atoms with E-state index in [2.05, 4.69) is 11.8 Å². The second-order valence-electron chi connectivity index (χ2n) is 2.56. The minimum absolute atomic E-state index is 0.103. The number of carbonyl (C=O) groups excluding carboxylic acids is 1. The number of aromatic hydroxyl groups is 1. The number of phenolic OH excluding ortho intramolecular Hbond substituents is 1. The summed E-state index contributed by atoms with van der Waals surface area (Å²) in [6.07, 6.45) is 0.556. The summed E-state index contributed by atoms with van der Waals surface area (Å²) in [5, 5.41) is 17.9. The van der Waals surface area contributed by atoms with Crippen LogP contribution >= 0.6 is 0 Å². The average Bonchev–Trinajstić information content (AvgIpc) is 2.27. The SMILES string of the molecule is COc1ccc(C=O)c(C#CC#N)c1O. The van der Waals surface area contributed by atoms with E-state index < -0.39 is 0 Å². The number of methoxy groups -OCH3 is 1. The summed E-state index contributed by atoms with van der Waals surface area (Å²) < 4.78 is 4.85. The van der Waals surface area contributed by atoms with Crippen molar-refractivity contribution in [2.45, 2.75) is 0 Å². The number of ether oxygens (including phenoxy) is 1. The Morgan fingerprint density at radius 2 is 2.27 bits per heavy atom. The molecular formula is C11H7NO3. The largest absolute Gasteiger partial charge is 0.503 e. The third kappa shape index (κ3) is 2.07. The van der Waals surface area contributed by atoms with E-state index in [0.29, 0.717) is 6.29 Å². The molecular weight excluding hydrogens is 194 g/mol. The molecule has 0 spiro atoms. The van der Waals surface area contributed by atoms with E-state index in [-0.39, 0.29) is 22.6 Å². The molecule has 0 bridgehead atoms. The first kappa shape index (κ1) is 10.6. The lowest BCUT2D eigenvalue weighted by Crippen LogP contribution is -1.92. The van der Waals surface area contributed by atoms with Crippen LogP contribution in [0.2, 0.25) is 0 Å². The molecule has 1 N–H and O–H groups in total. The first-order valence-electron chi connectivity index (χ1n) is 3.99. The Morgan fingerprint density at radius 3 is 2.80 bits per heavy atom. The Kier molecular flexibility index (Phi) is 3.32. The molecule has 0 heterocycles. The van der Waals surface area contributed by atoms with Gasteiger partial charge in [0.15, 0.2) is 23.9 Å². The minimum Gasteiger partial charge on any atom is -0.503 e. The second-order valence-corrected chi connectivity index (χ2v) is 2.56. The third-order valence-electron chi connectivity index (χ3n) is 1.76. The zero-order chi connectivity index (χ0) is 11.3. The first-order valence-corrected chi connectivity index (χ1v) is 3.99. The van der Waals surface area contributed by atoms with Gasteiger partial charge in [-0.1, -0.05) is 0 Å². The highest BCUT2D eigenvalue weighted by Crippen LogP contribution is 2.30. The molecule has 74 valence electrons. The number of benzene rings is 1. The van der Waals surface area contributed by atoms with Crippen LogP contribution in [0.1, 0.15) is 15.9 Å². The van der Waals surface area contributed by atoms with Gasteiger partial charge in [0, 0.05) is 11.5 Å². The summed E-state index contributed by atoms with van der Waals surface area (Å²) in [5.74, 6) is 4.48. The molecule has 0 fully saturated rings. The zero-order valence-corrected chi connectivity index (χ0v) is 7.94. The predicted molar refractivity (Wildman–Crippen MR) is 52.5 cm³/mol. The van der Waals surface area contributed by atoms with Crippen molar-refractivity contribution in [3.05, 3.63) is 23.3 Å². The Bertz CT molecular complexity index is 489. The number of aldehydes is 1. The molecule has 0 unspecified atom stereocenters. The van der Waals surface area contributed by atoms with Gasteiger partial charge in [-0.05, 0) is 18.1 Å². The Hall–Kier alpha value is -2.46. The summed E-state index contributed by atoms with van der Waals surface area (Å²) >= 11 is 0. The van der Waals surface area contributed by atoms with Crippen LogP contribution in [-0.2, 0) is 0 Å². The molecule has 0 aliphatic heterocycles. The lowest BCUT2D eigenvalue weighted by molar-refractivity contribution is 0.112.